The first-order valence-electron chi connectivity index (χ1n) is 11.8. The number of hydrazine groups is 1. The smallest absolute Gasteiger partial charge is 0.287 e. The van der Waals surface area contributed by atoms with Crippen molar-refractivity contribution < 1.29 is 18.0 Å². The number of rotatable bonds is 10. The van der Waals surface area contributed by atoms with Gasteiger partial charge in [0, 0.05) is 12.0 Å². The predicted molar refractivity (Wildman–Crippen MR) is 123 cm³/mol. The molecule has 0 bridgehead atoms. The second-order valence-corrected chi connectivity index (χ2v) is 9.56. The van der Waals surface area contributed by atoms with E-state index in [-0.39, 0.29) is 17.9 Å². The summed E-state index contributed by atoms with van der Waals surface area (Å²) in [5.41, 5.74) is 2.56. The van der Waals surface area contributed by atoms with Crippen LogP contribution in [0.1, 0.15) is 89.3 Å². The Morgan fingerprint density at radius 2 is 1.66 bits per heavy atom. The summed E-state index contributed by atoms with van der Waals surface area (Å²) < 4.78 is 43.4. The largest absolute Gasteiger partial charge is 0.409 e. The van der Waals surface area contributed by atoms with Crippen LogP contribution < -0.4 is 5.43 Å². The first-order valence-corrected chi connectivity index (χ1v) is 11.8. The summed E-state index contributed by atoms with van der Waals surface area (Å²) >= 11 is 0. The number of nitrogens with one attached hydrogen (secondary N) is 1. The third-order valence-corrected chi connectivity index (χ3v) is 6.46. The summed E-state index contributed by atoms with van der Waals surface area (Å²) in [7, 11) is 0. The van der Waals surface area contributed by atoms with Gasteiger partial charge in [-0.15, -0.1) is 0 Å². The van der Waals surface area contributed by atoms with E-state index < -0.39 is 17.8 Å². The number of benzene rings is 2. The molecule has 1 aliphatic heterocycles. The first kappa shape index (κ1) is 24.6. The van der Waals surface area contributed by atoms with E-state index in [1.165, 1.54) is 25.7 Å². The minimum Gasteiger partial charge on any atom is -0.287 e. The van der Waals surface area contributed by atoms with E-state index in [0.29, 0.717) is 6.42 Å². The predicted octanol–water partition coefficient (Wildman–Crippen LogP) is 7.25. The van der Waals surface area contributed by atoms with Crippen molar-refractivity contribution in [3.05, 3.63) is 47.5 Å². The van der Waals surface area contributed by atoms with Gasteiger partial charge in [-0.2, -0.15) is 18.2 Å². The second-order valence-electron chi connectivity index (χ2n) is 9.56. The van der Waals surface area contributed by atoms with E-state index in [0.717, 1.165) is 40.6 Å². The van der Waals surface area contributed by atoms with E-state index in [2.05, 4.69) is 12.3 Å². The van der Waals surface area contributed by atoms with Gasteiger partial charge in [0.05, 0.1) is 0 Å². The monoisotopic (exact) mass is 448 g/mol. The van der Waals surface area contributed by atoms with Crippen LogP contribution in [0.5, 0.6) is 0 Å². The Bertz CT molecular complexity index is 923. The molecule has 1 heterocycles. The zero-order chi connectivity index (χ0) is 23.4. The molecule has 2 aromatic carbocycles. The van der Waals surface area contributed by atoms with Gasteiger partial charge in [0.25, 0.3) is 0 Å². The lowest BCUT2D eigenvalue weighted by Crippen LogP contribution is -2.51. The van der Waals surface area contributed by atoms with Crippen LogP contribution in [0.2, 0.25) is 0 Å². The van der Waals surface area contributed by atoms with Gasteiger partial charge in [-0.05, 0) is 48.6 Å². The van der Waals surface area contributed by atoms with Gasteiger partial charge in [0.15, 0.2) is 6.04 Å². The van der Waals surface area contributed by atoms with Crippen molar-refractivity contribution in [2.24, 2.45) is 0 Å². The topological polar surface area (TPSA) is 32.3 Å². The summed E-state index contributed by atoms with van der Waals surface area (Å²) in [5.74, 6) is -0.376. The SMILES string of the molecule is CCCCCCCCCc1c(C(N2NC(=O)CC2(C)C)C(F)(F)F)ccc2ccccc12. The molecule has 0 spiro atoms. The van der Waals surface area contributed by atoms with Gasteiger partial charge < -0.3 is 0 Å². The van der Waals surface area contributed by atoms with Crippen LogP contribution in [0.15, 0.2) is 36.4 Å². The number of amides is 1. The van der Waals surface area contributed by atoms with Crippen molar-refractivity contribution in [2.75, 3.05) is 0 Å². The number of carbonyl (C=O) groups is 1. The molecule has 0 aliphatic carbocycles. The number of halogens is 3. The Morgan fingerprint density at radius 1 is 1.00 bits per heavy atom. The standard InChI is InChI=1S/C26H35F3N2O/c1-4-5-6-7-8-9-10-15-21-20-14-12-11-13-19(20)16-17-22(21)24(26(27,28)29)31-25(2,3)18-23(32)30-31/h11-14,16-17,24H,4-10,15,18H2,1-3H3,(H,30,32). The quantitative estimate of drug-likeness (QED) is 0.388. The summed E-state index contributed by atoms with van der Waals surface area (Å²) in [6, 6.07) is 9.14. The minimum absolute atomic E-state index is 0.0419. The van der Waals surface area contributed by atoms with Crippen molar-refractivity contribution in [1.82, 2.24) is 10.4 Å². The number of hydrogen-bond donors (Lipinski definition) is 1. The molecule has 32 heavy (non-hydrogen) atoms. The van der Waals surface area contributed by atoms with Crippen LogP contribution in [0.3, 0.4) is 0 Å². The molecule has 0 aromatic heterocycles. The maximum Gasteiger partial charge on any atom is 0.409 e. The van der Waals surface area contributed by atoms with Crippen LogP contribution >= 0.6 is 0 Å². The van der Waals surface area contributed by atoms with E-state index in [9.17, 15) is 18.0 Å². The van der Waals surface area contributed by atoms with Crippen molar-refractivity contribution in [2.45, 2.75) is 96.3 Å². The molecule has 0 saturated carbocycles. The summed E-state index contributed by atoms with van der Waals surface area (Å²) in [4.78, 5) is 12.0. The van der Waals surface area contributed by atoms with Crippen LogP contribution in [0, 0.1) is 0 Å². The molecule has 1 N–H and O–H groups in total. The number of nitrogens with zero attached hydrogens (tertiary/aromatic N) is 1. The molecule has 6 heteroatoms. The molecule has 3 rings (SSSR count). The van der Waals surface area contributed by atoms with Gasteiger partial charge in [-0.25, -0.2) is 0 Å². The van der Waals surface area contributed by atoms with Crippen molar-refractivity contribution in [1.29, 1.82) is 0 Å². The number of carbonyl (C=O) groups excluding carboxylic acids is 1. The average Bonchev–Trinajstić information content (AvgIpc) is 2.98. The van der Waals surface area contributed by atoms with Crippen LogP contribution in [-0.2, 0) is 11.2 Å². The fraction of sp³-hybridized carbons (Fsp3) is 0.577. The average molecular weight is 449 g/mol. The molecular weight excluding hydrogens is 413 g/mol. The number of unbranched alkanes of at least 4 members (excludes halogenated alkanes) is 6. The highest BCUT2D eigenvalue weighted by Crippen LogP contribution is 2.45. The second kappa shape index (κ2) is 10.2. The Labute approximate surface area is 189 Å². The van der Waals surface area contributed by atoms with E-state index in [4.69, 9.17) is 0 Å². The fourth-order valence-electron chi connectivity index (χ4n) is 4.83. The van der Waals surface area contributed by atoms with Gasteiger partial charge >= 0.3 is 6.18 Å². The first-order chi connectivity index (χ1) is 15.1. The van der Waals surface area contributed by atoms with Crippen molar-refractivity contribution in [3.8, 4) is 0 Å². The summed E-state index contributed by atoms with van der Waals surface area (Å²) in [6.45, 7) is 5.55. The molecule has 176 valence electrons. The highest BCUT2D eigenvalue weighted by atomic mass is 19.4. The van der Waals surface area contributed by atoms with Crippen molar-refractivity contribution in [3.63, 3.8) is 0 Å². The Morgan fingerprint density at radius 3 is 2.28 bits per heavy atom. The van der Waals surface area contributed by atoms with E-state index in [1.54, 1.807) is 26.0 Å². The van der Waals surface area contributed by atoms with Gasteiger partial charge in [0.1, 0.15) is 0 Å². The maximum atomic E-state index is 14.5. The van der Waals surface area contributed by atoms with Gasteiger partial charge in [0.2, 0.25) is 5.91 Å². The number of fused-ring (bicyclic) bond motifs is 1. The molecule has 1 aliphatic rings. The molecular formula is C26H35F3N2O. The van der Waals surface area contributed by atoms with Crippen molar-refractivity contribution >= 4 is 16.7 Å². The highest BCUT2D eigenvalue weighted by Gasteiger charge is 2.53. The molecule has 1 amide bonds. The summed E-state index contributed by atoms with van der Waals surface area (Å²) in [6.07, 6.45) is 3.91. The molecule has 0 radical (unpaired) electrons. The fourth-order valence-corrected chi connectivity index (χ4v) is 4.83. The highest BCUT2D eigenvalue weighted by molar-refractivity contribution is 5.87. The van der Waals surface area contributed by atoms with E-state index in [1.807, 2.05) is 24.3 Å². The van der Waals surface area contributed by atoms with Crippen LogP contribution in [0.4, 0.5) is 13.2 Å². The molecule has 1 unspecified atom stereocenters. The Balaban J connectivity index is 1.94. The molecule has 3 nitrogen and oxygen atoms in total. The third kappa shape index (κ3) is 5.64. The zero-order valence-electron chi connectivity index (χ0n) is 19.4. The summed E-state index contributed by atoms with van der Waals surface area (Å²) in [5, 5.41) is 2.93. The molecule has 1 atom stereocenters. The maximum absolute atomic E-state index is 14.5. The van der Waals surface area contributed by atoms with Gasteiger partial charge in [-0.3, -0.25) is 10.2 Å². The number of alkyl halides is 3. The molecule has 2 aromatic rings. The van der Waals surface area contributed by atoms with Crippen LogP contribution in [-0.4, -0.2) is 22.6 Å². The normalized spacial score (nSPS) is 17.6. The van der Waals surface area contributed by atoms with E-state index >= 15 is 0 Å². The zero-order valence-corrected chi connectivity index (χ0v) is 19.4. The third-order valence-electron chi connectivity index (χ3n) is 6.46. The number of hydrogen-bond acceptors (Lipinski definition) is 2. The van der Waals surface area contributed by atoms with Gasteiger partial charge in [-0.1, -0.05) is 81.8 Å². The molecule has 1 fully saturated rings. The molecule has 1 saturated heterocycles. The lowest BCUT2D eigenvalue weighted by molar-refractivity contribution is -0.204. The Kier molecular flexibility index (Phi) is 7.86. The van der Waals surface area contributed by atoms with Crippen LogP contribution in [0.25, 0.3) is 10.8 Å². The minimum atomic E-state index is -4.52. The number of aryl methyl sites for hydroxylation is 1. The lowest BCUT2D eigenvalue weighted by Gasteiger charge is -2.39. The lowest BCUT2D eigenvalue weighted by atomic mass is 9.88. The Hall–Kier alpha value is -2.08.